The van der Waals surface area contributed by atoms with Crippen LogP contribution in [0.3, 0.4) is 0 Å². The normalized spacial score (nSPS) is 26.1. The summed E-state index contributed by atoms with van der Waals surface area (Å²) in [6.45, 7) is 0. The first-order valence-electron chi connectivity index (χ1n) is 4.58. The molecule has 0 saturated carbocycles. The van der Waals surface area contributed by atoms with Gasteiger partial charge in [-0.1, -0.05) is 0 Å². The molecule has 2 nitrogen and oxygen atoms in total. The first-order valence-corrected chi connectivity index (χ1v) is 4.58. The second kappa shape index (κ2) is 4.10. The number of likely N-dealkylation sites (tertiary alicyclic amines) is 1. The van der Waals surface area contributed by atoms with Gasteiger partial charge in [0.1, 0.15) is 0 Å². The van der Waals surface area contributed by atoms with Gasteiger partial charge >= 0.3 is 41.9 Å². The Bertz CT molecular complexity index is 465. The van der Waals surface area contributed by atoms with Crippen LogP contribution in [0.4, 0.5) is 57.1 Å². The van der Waals surface area contributed by atoms with Crippen LogP contribution < -0.4 is 0 Å². The smallest absolute Gasteiger partial charge is 0.267 e. The van der Waals surface area contributed by atoms with Gasteiger partial charge in [-0.2, -0.15) is 57.1 Å². The Morgan fingerprint density at radius 1 is 0.682 bits per heavy atom. The molecule has 1 fully saturated rings. The number of hydrogen-bond donors (Lipinski definition) is 0. The lowest BCUT2D eigenvalue weighted by molar-refractivity contribution is -0.306. The van der Waals surface area contributed by atoms with Gasteiger partial charge in [-0.25, -0.2) is 4.90 Å². The Hall–Kier alpha value is -1.44. The van der Waals surface area contributed by atoms with E-state index in [2.05, 4.69) is 0 Å². The molecule has 0 spiro atoms. The second-order valence-corrected chi connectivity index (χ2v) is 3.94. The van der Waals surface area contributed by atoms with Crippen molar-refractivity contribution in [1.29, 1.82) is 0 Å². The van der Waals surface area contributed by atoms with E-state index in [0.29, 0.717) is 0 Å². The first kappa shape index (κ1) is 18.6. The topological polar surface area (TPSA) is 20.3 Å². The zero-order valence-electron chi connectivity index (χ0n) is 9.27. The minimum Gasteiger partial charge on any atom is -0.267 e. The number of alkyl halides is 13. The predicted molar refractivity (Wildman–Crippen MR) is 37.6 cm³/mol. The zero-order chi connectivity index (χ0) is 18.2. The monoisotopic (exact) mass is 361 g/mol. The molecule has 22 heavy (non-hydrogen) atoms. The molecular weight excluding hydrogens is 361 g/mol. The molecule has 1 amide bonds. The average Bonchev–Trinajstić information content (AvgIpc) is 2.31. The SMILES string of the molecule is O=C(N1C(F)(F)C(F)(F)C(F)(F)C1(F)F)C(F)(F)C(F)(F)F. The molecule has 130 valence electrons. The maximum absolute atomic E-state index is 12.8. The minimum absolute atomic E-state index is 3.44. The van der Waals surface area contributed by atoms with Crippen LogP contribution in [0.25, 0.3) is 0 Å². The van der Waals surface area contributed by atoms with Crippen molar-refractivity contribution in [3.63, 3.8) is 0 Å². The van der Waals surface area contributed by atoms with E-state index in [-0.39, 0.29) is 0 Å². The molecule has 0 aromatic carbocycles. The largest absolute Gasteiger partial charge is 0.463 e. The van der Waals surface area contributed by atoms with Crippen LogP contribution in [0.15, 0.2) is 0 Å². The van der Waals surface area contributed by atoms with Crippen molar-refractivity contribution in [1.82, 2.24) is 4.90 Å². The standard InChI is InChI=1S/C7F13NO/c8-2(9,5(14,15)16)1(22)21-6(17,18)3(10,11)4(12,13)7(21,19)20. The molecule has 0 aromatic rings. The Labute approximate surface area is 110 Å². The summed E-state index contributed by atoms with van der Waals surface area (Å²) < 4.78 is 162. The number of hydrogen-bond acceptors (Lipinski definition) is 1. The summed E-state index contributed by atoms with van der Waals surface area (Å²) in [5.74, 6) is -25.9. The average molecular weight is 361 g/mol. The van der Waals surface area contributed by atoms with Crippen molar-refractivity contribution >= 4 is 5.91 Å². The van der Waals surface area contributed by atoms with E-state index in [4.69, 9.17) is 0 Å². The van der Waals surface area contributed by atoms with Gasteiger partial charge < -0.3 is 0 Å². The molecule has 0 bridgehead atoms. The van der Waals surface area contributed by atoms with Gasteiger partial charge in [0.15, 0.2) is 0 Å². The van der Waals surface area contributed by atoms with Gasteiger partial charge in [-0.05, 0) is 0 Å². The maximum atomic E-state index is 12.8. The van der Waals surface area contributed by atoms with Crippen molar-refractivity contribution in [2.45, 2.75) is 36.0 Å². The predicted octanol–water partition coefficient (Wildman–Crippen LogP) is 3.48. The molecule has 0 N–H and O–H groups in total. The Morgan fingerprint density at radius 2 is 0.955 bits per heavy atom. The summed E-state index contributed by atoms with van der Waals surface area (Å²) in [5.41, 5.74) is 0. The van der Waals surface area contributed by atoms with Gasteiger partial charge in [0.05, 0.1) is 0 Å². The summed E-state index contributed by atoms with van der Waals surface area (Å²) in [6.07, 6.45) is -7.07. The number of carbonyl (C=O) groups excluding carboxylic acids is 1. The van der Waals surface area contributed by atoms with E-state index in [1.165, 1.54) is 0 Å². The minimum atomic E-state index is -7.10. The third-order valence-corrected chi connectivity index (χ3v) is 2.54. The summed E-state index contributed by atoms with van der Waals surface area (Å²) in [4.78, 5) is 7.11. The van der Waals surface area contributed by atoms with Crippen molar-refractivity contribution in [2.24, 2.45) is 0 Å². The molecule has 1 heterocycles. The van der Waals surface area contributed by atoms with Gasteiger partial charge in [0.25, 0.3) is 0 Å². The highest BCUT2D eigenvalue weighted by Crippen LogP contribution is 2.63. The molecule has 1 aliphatic rings. The quantitative estimate of drug-likeness (QED) is 0.517. The fourth-order valence-electron chi connectivity index (χ4n) is 1.35. The van der Waals surface area contributed by atoms with Crippen LogP contribution in [-0.2, 0) is 4.79 Å². The molecule has 0 aliphatic carbocycles. The van der Waals surface area contributed by atoms with Crippen molar-refractivity contribution in [3.8, 4) is 0 Å². The van der Waals surface area contributed by atoms with E-state index in [1.54, 1.807) is 0 Å². The number of rotatable bonds is 1. The van der Waals surface area contributed by atoms with Crippen molar-refractivity contribution in [2.75, 3.05) is 0 Å². The Morgan fingerprint density at radius 3 is 1.18 bits per heavy atom. The number of carbonyl (C=O) groups is 1. The lowest BCUT2D eigenvalue weighted by Gasteiger charge is -2.31. The molecule has 0 radical (unpaired) electrons. The summed E-state index contributed by atoms with van der Waals surface area (Å²) in [6, 6.07) is -14.0. The van der Waals surface area contributed by atoms with Crippen LogP contribution in [0.5, 0.6) is 0 Å². The van der Waals surface area contributed by atoms with E-state index >= 15 is 0 Å². The van der Waals surface area contributed by atoms with Gasteiger partial charge in [-0.15, -0.1) is 0 Å². The highest BCUT2D eigenvalue weighted by atomic mass is 19.4. The van der Waals surface area contributed by atoms with Gasteiger partial charge in [0, 0.05) is 0 Å². The summed E-state index contributed by atoms with van der Waals surface area (Å²) >= 11 is 0. The third-order valence-electron chi connectivity index (χ3n) is 2.54. The van der Waals surface area contributed by atoms with Crippen molar-refractivity contribution < 1.29 is 61.9 Å². The molecule has 1 saturated heterocycles. The van der Waals surface area contributed by atoms with E-state index in [0.717, 1.165) is 0 Å². The van der Waals surface area contributed by atoms with E-state index in [1.807, 2.05) is 0 Å². The van der Waals surface area contributed by atoms with Crippen LogP contribution in [-0.4, -0.2) is 46.8 Å². The van der Waals surface area contributed by atoms with Crippen LogP contribution in [0, 0.1) is 0 Å². The number of nitrogens with zero attached hydrogens (tertiary/aromatic N) is 1. The van der Waals surface area contributed by atoms with Crippen LogP contribution >= 0.6 is 0 Å². The lowest BCUT2D eigenvalue weighted by Crippen LogP contribution is -2.61. The Kier molecular flexibility index (Phi) is 3.46. The highest BCUT2D eigenvalue weighted by molar-refractivity contribution is 5.86. The molecule has 0 unspecified atom stereocenters. The lowest BCUT2D eigenvalue weighted by atomic mass is 10.2. The molecule has 1 aliphatic heterocycles. The fraction of sp³-hybridized carbons (Fsp3) is 0.857. The first-order chi connectivity index (χ1) is 9.28. The molecular formula is C7F13NO. The highest BCUT2D eigenvalue weighted by Gasteiger charge is 2.95. The van der Waals surface area contributed by atoms with Gasteiger partial charge in [0.2, 0.25) is 0 Å². The van der Waals surface area contributed by atoms with Crippen LogP contribution in [0.1, 0.15) is 0 Å². The van der Waals surface area contributed by atoms with E-state index < -0.39 is 46.8 Å². The molecule has 0 aromatic heterocycles. The summed E-state index contributed by atoms with van der Waals surface area (Å²) in [5, 5.41) is 0. The molecule has 1 rings (SSSR count). The Balaban J connectivity index is 3.57. The number of halogens is 13. The van der Waals surface area contributed by atoms with Crippen molar-refractivity contribution in [3.05, 3.63) is 0 Å². The third kappa shape index (κ3) is 1.79. The second-order valence-electron chi connectivity index (χ2n) is 3.94. The zero-order valence-corrected chi connectivity index (χ0v) is 9.27. The van der Waals surface area contributed by atoms with Crippen LogP contribution in [0.2, 0.25) is 0 Å². The van der Waals surface area contributed by atoms with E-state index in [9.17, 15) is 61.9 Å². The molecule has 15 heteroatoms. The van der Waals surface area contributed by atoms with Gasteiger partial charge in [-0.3, -0.25) is 4.79 Å². The maximum Gasteiger partial charge on any atom is 0.463 e. The summed E-state index contributed by atoms with van der Waals surface area (Å²) in [7, 11) is 0. The molecule has 0 atom stereocenters. The fourth-order valence-corrected chi connectivity index (χ4v) is 1.35. The number of amides is 1.